The lowest BCUT2D eigenvalue weighted by Crippen LogP contribution is -2.39. The summed E-state index contributed by atoms with van der Waals surface area (Å²) in [4.78, 5) is 25.1. The van der Waals surface area contributed by atoms with Crippen LogP contribution >= 0.6 is 0 Å². The average molecular weight is 337 g/mol. The van der Waals surface area contributed by atoms with Gasteiger partial charge in [0.15, 0.2) is 0 Å². The van der Waals surface area contributed by atoms with Crippen molar-refractivity contribution in [2.24, 2.45) is 7.05 Å². The zero-order valence-corrected chi connectivity index (χ0v) is 14.7. The van der Waals surface area contributed by atoms with E-state index in [0.29, 0.717) is 19.4 Å². The van der Waals surface area contributed by atoms with Crippen molar-refractivity contribution in [1.82, 2.24) is 14.7 Å². The highest BCUT2D eigenvalue weighted by atomic mass is 16.5. The average Bonchev–Trinajstić information content (AvgIpc) is 3.11. The topological polar surface area (TPSA) is 84.7 Å². The molecule has 2 heterocycles. The van der Waals surface area contributed by atoms with Gasteiger partial charge in [0.2, 0.25) is 5.91 Å². The number of ether oxygens (including phenoxy) is 1. The van der Waals surface area contributed by atoms with Gasteiger partial charge in [0.05, 0.1) is 18.2 Å². The van der Waals surface area contributed by atoms with Gasteiger partial charge >= 0.3 is 5.97 Å². The van der Waals surface area contributed by atoms with Gasteiger partial charge in [0.1, 0.15) is 0 Å². The maximum absolute atomic E-state index is 12.6. The van der Waals surface area contributed by atoms with Gasteiger partial charge in [-0.2, -0.15) is 5.10 Å². The summed E-state index contributed by atoms with van der Waals surface area (Å²) in [5.41, 5.74) is 3.11. The number of carbonyl (C=O) groups is 2. The lowest BCUT2D eigenvalue weighted by atomic mass is 10.1. The van der Waals surface area contributed by atoms with Gasteiger partial charge in [0.25, 0.3) is 0 Å². The maximum Gasteiger partial charge on any atom is 0.305 e. The molecule has 1 aliphatic heterocycles. The normalized spacial score (nSPS) is 17.2. The first-order valence-corrected chi connectivity index (χ1v) is 8.48. The zero-order chi connectivity index (χ0) is 17.7. The molecule has 1 amide bonds. The van der Waals surface area contributed by atoms with E-state index in [-0.39, 0.29) is 25.0 Å². The zero-order valence-electron chi connectivity index (χ0n) is 14.7. The number of hydrogen-bond acceptors (Lipinski definition) is 4. The molecule has 0 bridgehead atoms. The van der Waals surface area contributed by atoms with Crippen LogP contribution in [-0.4, -0.2) is 57.5 Å². The van der Waals surface area contributed by atoms with E-state index in [2.05, 4.69) is 5.10 Å². The molecule has 7 nitrogen and oxygen atoms in total. The molecule has 1 aromatic rings. The van der Waals surface area contributed by atoms with Crippen molar-refractivity contribution in [3.05, 3.63) is 17.0 Å². The van der Waals surface area contributed by atoms with Gasteiger partial charge < -0.3 is 14.7 Å². The van der Waals surface area contributed by atoms with Gasteiger partial charge in [-0.3, -0.25) is 14.3 Å². The molecule has 7 heteroatoms. The first-order chi connectivity index (χ1) is 11.4. The third kappa shape index (κ3) is 4.80. The highest BCUT2D eigenvalue weighted by molar-refractivity contribution is 5.77. The van der Waals surface area contributed by atoms with Crippen LogP contribution in [-0.2, 0) is 27.8 Å². The van der Waals surface area contributed by atoms with Crippen molar-refractivity contribution in [1.29, 1.82) is 0 Å². The highest BCUT2D eigenvalue weighted by Crippen LogP contribution is 2.17. The van der Waals surface area contributed by atoms with Crippen molar-refractivity contribution >= 4 is 11.9 Å². The molecule has 0 unspecified atom stereocenters. The molecule has 0 aromatic carbocycles. The van der Waals surface area contributed by atoms with Crippen LogP contribution in [0.25, 0.3) is 0 Å². The quantitative estimate of drug-likeness (QED) is 0.776. The van der Waals surface area contributed by atoms with Gasteiger partial charge in [0, 0.05) is 38.9 Å². The second-order valence-electron chi connectivity index (χ2n) is 6.39. The third-order valence-electron chi connectivity index (χ3n) is 4.64. The molecule has 0 saturated carbocycles. The number of carbonyl (C=O) groups excluding carboxylic acids is 1. The summed E-state index contributed by atoms with van der Waals surface area (Å²) in [6.45, 7) is 5.38. The van der Waals surface area contributed by atoms with Crippen LogP contribution in [0.4, 0.5) is 0 Å². The monoisotopic (exact) mass is 337 g/mol. The van der Waals surface area contributed by atoms with E-state index in [1.807, 2.05) is 25.6 Å². The van der Waals surface area contributed by atoms with Crippen molar-refractivity contribution < 1.29 is 19.4 Å². The predicted molar refractivity (Wildman–Crippen MR) is 88.8 cm³/mol. The number of nitrogens with zero attached hydrogens (tertiary/aromatic N) is 3. The van der Waals surface area contributed by atoms with E-state index in [4.69, 9.17) is 9.84 Å². The van der Waals surface area contributed by atoms with Crippen molar-refractivity contribution in [2.75, 3.05) is 19.7 Å². The van der Waals surface area contributed by atoms with Crippen LogP contribution in [0.1, 0.15) is 42.6 Å². The Hall–Kier alpha value is -1.89. The van der Waals surface area contributed by atoms with Crippen LogP contribution in [0.3, 0.4) is 0 Å². The van der Waals surface area contributed by atoms with E-state index < -0.39 is 5.97 Å². The molecule has 24 heavy (non-hydrogen) atoms. The Bertz CT molecular complexity index is 591. The van der Waals surface area contributed by atoms with Crippen LogP contribution in [0.2, 0.25) is 0 Å². The van der Waals surface area contributed by atoms with Gasteiger partial charge in [-0.05, 0) is 38.7 Å². The number of aliphatic carboxylic acids is 1. The highest BCUT2D eigenvalue weighted by Gasteiger charge is 2.23. The molecule has 1 atom stereocenters. The Kier molecular flexibility index (Phi) is 6.36. The summed E-state index contributed by atoms with van der Waals surface area (Å²) in [6, 6.07) is 0. The van der Waals surface area contributed by atoms with E-state index in [9.17, 15) is 9.59 Å². The van der Waals surface area contributed by atoms with Gasteiger partial charge in [-0.15, -0.1) is 0 Å². The number of aromatic nitrogens is 2. The van der Waals surface area contributed by atoms with E-state index in [1.54, 1.807) is 4.90 Å². The Morgan fingerprint density at radius 2 is 2.12 bits per heavy atom. The summed E-state index contributed by atoms with van der Waals surface area (Å²) < 4.78 is 7.41. The first kappa shape index (κ1) is 18.4. The van der Waals surface area contributed by atoms with E-state index in [1.165, 1.54) is 0 Å². The Morgan fingerprint density at radius 1 is 1.38 bits per heavy atom. The Balaban J connectivity index is 1.96. The van der Waals surface area contributed by atoms with Crippen LogP contribution < -0.4 is 0 Å². The molecule has 1 aliphatic rings. The summed E-state index contributed by atoms with van der Waals surface area (Å²) in [5.74, 6) is -0.909. The van der Waals surface area contributed by atoms with Crippen molar-refractivity contribution in [3.8, 4) is 0 Å². The number of carboxylic acid groups (broad SMARTS) is 1. The molecule has 134 valence electrons. The third-order valence-corrected chi connectivity index (χ3v) is 4.64. The Morgan fingerprint density at radius 3 is 2.67 bits per heavy atom. The minimum atomic E-state index is -0.890. The van der Waals surface area contributed by atoms with Crippen molar-refractivity contribution in [2.45, 2.75) is 52.1 Å². The van der Waals surface area contributed by atoms with Gasteiger partial charge in [-0.1, -0.05) is 0 Å². The molecule has 1 fully saturated rings. The minimum Gasteiger partial charge on any atom is -0.481 e. The summed E-state index contributed by atoms with van der Waals surface area (Å²) in [5, 5.41) is 13.3. The van der Waals surface area contributed by atoms with Crippen LogP contribution in [0.5, 0.6) is 0 Å². The molecule has 0 radical (unpaired) electrons. The second-order valence-corrected chi connectivity index (χ2v) is 6.39. The standard InChI is InChI=1S/C17H27N3O4/c1-12-15(13(2)19(3)18-12)6-7-16(21)20(9-8-17(22)23)11-14-5-4-10-24-14/h14H,4-11H2,1-3H3,(H,22,23)/t14-/m0/s1. The lowest BCUT2D eigenvalue weighted by molar-refractivity contribution is -0.139. The fourth-order valence-electron chi connectivity index (χ4n) is 3.15. The first-order valence-electron chi connectivity index (χ1n) is 8.48. The largest absolute Gasteiger partial charge is 0.481 e. The Labute approximate surface area is 142 Å². The summed E-state index contributed by atoms with van der Waals surface area (Å²) in [6.07, 6.45) is 2.91. The number of rotatable bonds is 8. The van der Waals surface area contributed by atoms with E-state index in [0.717, 1.165) is 36.4 Å². The number of hydrogen-bond donors (Lipinski definition) is 1. The predicted octanol–water partition coefficient (Wildman–Crippen LogP) is 1.45. The van der Waals surface area contributed by atoms with E-state index >= 15 is 0 Å². The van der Waals surface area contributed by atoms with Crippen LogP contribution in [0, 0.1) is 13.8 Å². The molecule has 0 aliphatic carbocycles. The molecule has 1 N–H and O–H groups in total. The minimum absolute atomic E-state index is 0.0191. The fraction of sp³-hybridized carbons (Fsp3) is 0.706. The van der Waals surface area contributed by atoms with Crippen LogP contribution in [0.15, 0.2) is 0 Å². The molecular formula is C17H27N3O4. The molecule has 0 spiro atoms. The number of aryl methyl sites for hydroxylation is 2. The lowest BCUT2D eigenvalue weighted by Gasteiger charge is -2.25. The summed E-state index contributed by atoms with van der Waals surface area (Å²) in [7, 11) is 1.89. The second kappa shape index (κ2) is 8.28. The molecule has 1 saturated heterocycles. The number of amides is 1. The molecule has 1 aromatic heterocycles. The SMILES string of the molecule is Cc1nn(C)c(C)c1CCC(=O)N(CCC(=O)O)C[C@@H]1CCCO1. The van der Waals surface area contributed by atoms with Gasteiger partial charge in [-0.25, -0.2) is 0 Å². The fourth-order valence-corrected chi connectivity index (χ4v) is 3.15. The van der Waals surface area contributed by atoms with Crippen molar-refractivity contribution in [3.63, 3.8) is 0 Å². The summed E-state index contributed by atoms with van der Waals surface area (Å²) >= 11 is 0. The maximum atomic E-state index is 12.6. The smallest absolute Gasteiger partial charge is 0.305 e. The molecular weight excluding hydrogens is 310 g/mol. The molecule has 2 rings (SSSR count). The number of carboxylic acids is 1.